The molecule has 0 radical (unpaired) electrons. The van der Waals surface area contributed by atoms with Crippen molar-refractivity contribution in [2.75, 3.05) is 24.7 Å². The van der Waals surface area contributed by atoms with Crippen molar-refractivity contribution in [2.24, 2.45) is 0 Å². The lowest BCUT2D eigenvalue weighted by Crippen LogP contribution is -2.48. The molecule has 3 rings (SSSR count). The SMILES string of the molecule is Cc1ccc(/C=C/S(=O)(=O)NCC(=O)OCC(=O)N(C2CCCC2)C2CCS(=O)(=O)C2)cc1. The van der Waals surface area contributed by atoms with Crippen molar-refractivity contribution < 1.29 is 31.2 Å². The van der Waals surface area contributed by atoms with E-state index in [1.165, 1.54) is 6.08 Å². The lowest BCUT2D eigenvalue weighted by atomic mass is 10.1. The standard InChI is InChI=1S/C22H30N2O7S2/c1-17-6-8-18(9-7-17)10-13-33(29,30)23-14-22(26)31-15-21(25)24(19-4-2-3-5-19)20-11-12-32(27,28)16-20/h6-10,13,19-20,23H,2-5,11-12,14-16H2,1H3/b13-10+. The molecule has 2 fully saturated rings. The molecule has 1 aromatic carbocycles. The first kappa shape index (κ1) is 25.4. The van der Waals surface area contributed by atoms with Gasteiger partial charge in [-0.25, -0.2) is 21.6 Å². The van der Waals surface area contributed by atoms with Gasteiger partial charge in [-0.1, -0.05) is 42.7 Å². The number of nitrogens with zero attached hydrogens (tertiary/aromatic N) is 1. The molecule has 1 aliphatic heterocycles. The monoisotopic (exact) mass is 498 g/mol. The number of hydrogen-bond acceptors (Lipinski definition) is 7. The van der Waals surface area contributed by atoms with Crippen molar-refractivity contribution in [3.8, 4) is 0 Å². The molecule has 1 atom stereocenters. The molecule has 1 saturated heterocycles. The van der Waals surface area contributed by atoms with Crippen LogP contribution in [0.4, 0.5) is 0 Å². The first-order valence-corrected chi connectivity index (χ1v) is 14.3. The normalized spacial score (nSPS) is 20.8. The summed E-state index contributed by atoms with van der Waals surface area (Å²) in [5.74, 6) is -1.36. The Labute approximate surface area is 195 Å². The van der Waals surface area contributed by atoms with Gasteiger partial charge in [0, 0.05) is 17.5 Å². The van der Waals surface area contributed by atoms with Crippen LogP contribution in [-0.2, 0) is 34.2 Å². The Balaban J connectivity index is 1.51. The summed E-state index contributed by atoms with van der Waals surface area (Å²) in [6.45, 7) is 0.757. The van der Waals surface area contributed by atoms with Crippen molar-refractivity contribution >= 4 is 37.8 Å². The van der Waals surface area contributed by atoms with Crippen LogP contribution in [0.1, 0.15) is 43.2 Å². The minimum Gasteiger partial charge on any atom is -0.455 e. The number of sulfone groups is 1. The van der Waals surface area contributed by atoms with Gasteiger partial charge < -0.3 is 9.64 Å². The Morgan fingerprint density at radius 3 is 2.39 bits per heavy atom. The average molecular weight is 499 g/mol. The molecule has 11 heteroatoms. The fraction of sp³-hybridized carbons (Fsp3) is 0.545. The van der Waals surface area contributed by atoms with Crippen LogP contribution in [0.5, 0.6) is 0 Å². The van der Waals surface area contributed by atoms with E-state index in [0.29, 0.717) is 12.0 Å². The molecule has 1 N–H and O–H groups in total. The van der Waals surface area contributed by atoms with Crippen molar-refractivity contribution in [1.82, 2.24) is 9.62 Å². The third-order valence-corrected chi connectivity index (χ3v) is 8.69. The van der Waals surface area contributed by atoms with Crippen molar-refractivity contribution in [1.29, 1.82) is 0 Å². The number of benzene rings is 1. The fourth-order valence-electron chi connectivity index (χ4n) is 4.20. The third-order valence-electron chi connectivity index (χ3n) is 5.90. The zero-order valence-electron chi connectivity index (χ0n) is 18.6. The summed E-state index contributed by atoms with van der Waals surface area (Å²) in [6, 6.07) is 6.78. The summed E-state index contributed by atoms with van der Waals surface area (Å²) < 4.78 is 55.1. The Morgan fingerprint density at radius 2 is 1.79 bits per heavy atom. The van der Waals surface area contributed by atoms with E-state index in [-0.39, 0.29) is 17.5 Å². The number of rotatable bonds is 9. The maximum Gasteiger partial charge on any atom is 0.321 e. The average Bonchev–Trinajstić information content (AvgIpc) is 3.40. The molecule has 0 spiro atoms. The number of ether oxygens (including phenoxy) is 1. The van der Waals surface area contributed by atoms with E-state index in [1.54, 1.807) is 17.0 Å². The molecule has 0 aromatic heterocycles. The zero-order valence-corrected chi connectivity index (χ0v) is 20.2. The van der Waals surface area contributed by atoms with Gasteiger partial charge in [0.2, 0.25) is 10.0 Å². The molecule has 1 unspecified atom stereocenters. The Bertz CT molecular complexity index is 1090. The largest absolute Gasteiger partial charge is 0.455 e. The van der Waals surface area contributed by atoms with E-state index in [9.17, 15) is 26.4 Å². The van der Waals surface area contributed by atoms with Crippen LogP contribution in [0.2, 0.25) is 0 Å². The minimum atomic E-state index is -3.87. The van der Waals surface area contributed by atoms with E-state index in [0.717, 1.165) is 36.7 Å². The maximum absolute atomic E-state index is 12.8. The van der Waals surface area contributed by atoms with E-state index in [1.807, 2.05) is 19.1 Å². The Kier molecular flexibility index (Phi) is 8.30. The quantitative estimate of drug-likeness (QED) is 0.510. The lowest BCUT2D eigenvalue weighted by Gasteiger charge is -2.33. The molecule has 9 nitrogen and oxygen atoms in total. The number of nitrogens with one attached hydrogen (secondary N) is 1. The molecule has 182 valence electrons. The zero-order chi connectivity index (χ0) is 24.1. The summed E-state index contributed by atoms with van der Waals surface area (Å²) in [7, 11) is -7.04. The molecular weight excluding hydrogens is 468 g/mol. The highest BCUT2D eigenvalue weighted by Gasteiger charge is 2.39. The lowest BCUT2D eigenvalue weighted by molar-refractivity contribution is -0.153. The number of amides is 1. The molecule has 1 aromatic rings. The predicted octanol–water partition coefficient (Wildman–Crippen LogP) is 1.39. The second-order valence-electron chi connectivity index (χ2n) is 8.54. The van der Waals surface area contributed by atoms with Crippen LogP contribution in [0.3, 0.4) is 0 Å². The number of esters is 1. The number of carbonyl (C=O) groups excluding carboxylic acids is 2. The molecule has 2 aliphatic rings. The molecule has 1 amide bonds. The topological polar surface area (TPSA) is 127 Å². The third kappa shape index (κ3) is 7.65. The van der Waals surface area contributed by atoms with Gasteiger partial charge in [0.15, 0.2) is 16.4 Å². The van der Waals surface area contributed by atoms with E-state index in [4.69, 9.17) is 4.74 Å². The predicted molar refractivity (Wildman–Crippen MR) is 124 cm³/mol. The van der Waals surface area contributed by atoms with Gasteiger partial charge in [0.05, 0.1) is 11.5 Å². The number of hydrogen-bond donors (Lipinski definition) is 1. The second-order valence-corrected chi connectivity index (χ2v) is 12.4. The smallest absolute Gasteiger partial charge is 0.321 e. The molecule has 1 heterocycles. The number of aryl methyl sites for hydroxylation is 1. The van der Waals surface area contributed by atoms with Crippen LogP contribution >= 0.6 is 0 Å². The molecule has 1 saturated carbocycles. The molecular formula is C22H30N2O7S2. The van der Waals surface area contributed by atoms with Crippen molar-refractivity contribution in [2.45, 2.75) is 51.1 Å². The first-order valence-electron chi connectivity index (χ1n) is 11.0. The van der Waals surface area contributed by atoms with Crippen LogP contribution in [-0.4, -0.2) is 70.4 Å². The van der Waals surface area contributed by atoms with Crippen LogP contribution in [0.15, 0.2) is 29.7 Å². The first-order chi connectivity index (χ1) is 15.5. The van der Waals surface area contributed by atoms with Gasteiger partial charge >= 0.3 is 5.97 Å². The Hall–Kier alpha value is -2.24. The maximum atomic E-state index is 12.8. The second kappa shape index (κ2) is 10.8. The highest BCUT2D eigenvalue weighted by molar-refractivity contribution is 7.92. The van der Waals surface area contributed by atoms with Gasteiger partial charge in [-0.05, 0) is 37.8 Å². The van der Waals surface area contributed by atoms with Gasteiger partial charge in [-0.15, -0.1) is 0 Å². The number of carbonyl (C=O) groups is 2. The Morgan fingerprint density at radius 1 is 1.12 bits per heavy atom. The number of sulfonamides is 1. The van der Waals surface area contributed by atoms with Crippen LogP contribution in [0.25, 0.3) is 6.08 Å². The summed E-state index contributed by atoms with van der Waals surface area (Å²) in [5, 5.41) is 0.957. The van der Waals surface area contributed by atoms with Gasteiger partial charge in [0.1, 0.15) is 6.54 Å². The summed E-state index contributed by atoms with van der Waals surface area (Å²) in [5.41, 5.74) is 1.74. The van der Waals surface area contributed by atoms with Crippen LogP contribution in [0, 0.1) is 6.92 Å². The van der Waals surface area contributed by atoms with Crippen molar-refractivity contribution in [3.05, 3.63) is 40.8 Å². The highest BCUT2D eigenvalue weighted by atomic mass is 32.2. The molecule has 1 aliphatic carbocycles. The summed E-state index contributed by atoms with van der Waals surface area (Å²) in [4.78, 5) is 26.4. The van der Waals surface area contributed by atoms with E-state index < -0.39 is 50.9 Å². The minimum absolute atomic E-state index is 0.0475. The van der Waals surface area contributed by atoms with Crippen molar-refractivity contribution in [3.63, 3.8) is 0 Å². The summed E-state index contributed by atoms with van der Waals surface area (Å²) >= 11 is 0. The molecule has 33 heavy (non-hydrogen) atoms. The molecule has 0 bridgehead atoms. The van der Waals surface area contributed by atoms with Crippen LogP contribution < -0.4 is 4.72 Å². The fourth-order valence-corrected chi connectivity index (χ4v) is 6.67. The van der Waals surface area contributed by atoms with Gasteiger partial charge in [0.25, 0.3) is 5.91 Å². The van der Waals surface area contributed by atoms with Gasteiger partial charge in [-0.3, -0.25) is 9.59 Å². The van der Waals surface area contributed by atoms with E-state index >= 15 is 0 Å². The highest BCUT2D eigenvalue weighted by Crippen LogP contribution is 2.29. The van der Waals surface area contributed by atoms with Gasteiger partial charge in [-0.2, -0.15) is 0 Å². The van der Waals surface area contributed by atoms with E-state index in [2.05, 4.69) is 4.72 Å². The summed E-state index contributed by atoms with van der Waals surface area (Å²) in [6.07, 6.45) is 5.31.